The van der Waals surface area contributed by atoms with Crippen LogP contribution in [0.25, 0.3) is 0 Å². The zero-order chi connectivity index (χ0) is 22.9. The Labute approximate surface area is 191 Å². The van der Waals surface area contributed by atoms with Crippen molar-refractivity contribution in [2.75, 3.05) is 39.5 Å². The highest BCUT2D eigenvalue weighted by Crippen LogP contribution is 2.32. The third kappa shape index (κ3) is 6.10. The lowest BCUT2D eigenvalue weighted by Gasteiger charge is -2.09. The molecule has 2 aromatic carbocycles. The molecule has 0 unspecified atom stereocenters. The molecular weight excluding hydrogens is 430 g/mol. The number of carbonyl (C=O) groups excluding carboxylic acids is 1. The highest BCUT2D eigenvalue weighted by Gasteiger charge is 2.09. The molecule has 1 amide bonds. The Balaban J connectivity index is 1.50. The number of anilines is 1. The molecule has 32 heavy (non-hydrogen) atoms. The van der Waals surface area contributed by atoms with Gasteiger partial charge in [0.05, 0.1) is 46.1 Å². The number of ether oxygens (including phenoxy) is 4. The zero-order valence-electron chi connectivity index (χ0n) is 18.6. The molecule has 0 saturated heterocycles. The summed E-state index contributed by atoms with van der Waals surface area (Å²) in [7, 11) is 6.41. The van der Waals surface area contributed by atoms with Crippen LogP contribution in [0.3, 0.4) is 0 Å². The summed E-state index contributed by atoms with van der Waals surface area (Å²) in [6.07, 6.45) is 4.23. The SMILES string of the molecule is COc1ccc(CCn2cc(NC(=O)CSc3ccc(OC)c(OC)c3)cn2)cc1OC. The van der Waals surface area contributed by atoms with Crippen LogP contribution in [0, 0.1) is 0 Å². The Kier molecular flexibility index (Phi) is 8.27. The Morgan fingerprint density at radius 1 is 0.938 bits per heavy atom. The minimum absolute atomic E-state index is 0.107. The predicted molar refractivity (Wildman–Crippen MR) is 124 cm³/mol. The van der Waals surface area contributed by atoms with Crippen molar-refractivity contribution < 1.29 is 23.7 Å². The molecule has 170 valence electrons. The number of rotatable bonds is 11. The number of amides is 1. The highest BCUT2D eigenvalue weighted by atomic mass is 32.2. The summed E-state index contributed by atoms with van der Waals surface area (Å²) in [5, 5.41) is 7.21. The van der Waals surface area contributed by atoms with Crippen molar-refractivity contribution in [2.45, 2.75) is 17.9 Å². The van der Waals surface area contributed by atoms with Crippen LogP contribution in [0.2, 0.25) is 0 Å². The molecule has 0 radical (unpaired) electrons. The Morgan fingerprint density at radius 2 is 1.59 bits per heavy atom. The van der Waals surface area contributed by atoms with Gasteiger partial charge in [-0.25, -0.2) is 0 Å². The summed E-state index contributed by atoms with van der Waals surface area (Å²) in [5.41, 5.74) is 1.77. The maximum atomic E-state index is 12.3. The number of hydrogen-bond acceptors (Lipinski definition) is 7. The van der Waals surface area contributed by atoms with E-state index in [1.165, 1.54) is 11.8 Å². The van der Waals surface area contributed by atoms with E-state index in [9.17, 15) is 4.79 Å². The van der Waals surface area contributed by atoms with E-state index in [0.29, 0.717) is 35.2 Å². The lowest BCUT2D eigenvalue weighted by molar-refractivity contribution is -0.113. The Hall–Kier alpha value is -3.33. The molecule has 0 aliphatic rings. The number of aryl methyl sites for hydroxylation is 2. The van der Waals surface area contributed by atoms with E-state index < -0.39 is 0 Å². The average molecular weight is 458 g/mol. The van der Waals surface area contributed by atoms with Crippen molar-refractivity contribution in [2.24, 2.45) is 0 Å². The van der Waals surface area contributed by atoms with Crippen LogP contribution in [-0.2, 0) is 17.8 Å². The van der Waals surface area contributed by atoms with Crippen molar-refractivity contribution in [1.29, 1.82) is 0 Å². The van der Waals surface area contributed by atoms with Gasteiger partial charge in [-0.1, -0.05) is 6.07 Å². The second kappa shape index (κ2) is 11.3. The summed E-state index contributed by atoms with van der Waals surface area (Å²) < 4.78 is 22.9. The van der Waals surface area contributed by atoms with E-state index in [1.807, 2.05) is 42.6 Å². The van der Waals surface area contributed by atoms with Crippen LogP contribution < -0.4 is 24.3 Å². The minimum atomic E-state index is -0.107. The van der Waals surface area contributed by atoms with Gasteiger partial charge in [0.15, 0.2) is 23.0 Å². The van der Waals surface area contributed by atoms with Crippen LogP contribution in [0.5, 0.6) is 23.0 Å². The van der Waals surface area contributed by atoms with Gasteiger partial charge in [0.2, 0.25) is 5.91 Å². The fourth-order valence-electron chi connectivity index (χ4n) is 3.08. The zero-order valence-corrected chi connectivity index (χ0v) is 19.4. The first-order valence-corrected chi connectivity index (χ1v) is 10.9. The molecule has 0 aliphatic heterocycles. The van der Waals surface area contributed by atoms with Gasteiger partial charge in [0, 0.05) is 17.6 Å². The van der Waals surface area contributed by atoms with Crippen molar-refractivity contribution in [3.63, 3.8) is 0 Å². The van der Waals surface area contributed by atoms with Gasteiger partial charge in [-0.15, -0.1) is 11.8 Å². The smallest absolute Gasteiger partial charge is 0.234 e. The molecule has 3 aromatic rings. The molecule has 0 aliphatic carbocycles. The third-order valence-corrected chi connectivity index (χ3v) is 5.71. The number of nitrogens with zero attached hydrogens (tertiary/aromatic N) is 2. The molecule has 1 heterocycles. The van der Waals surface area contributed by atoms with E-state index in [2.05, 4.69) is 10.4 Å². The molecule has 0 saturated carbocycles. The number of aromatic nitrogens is 2. The number of methoxy groups -OCH3 is 4. The number of thioether (sulfide) groups is 1. The first-order valence-electron chi connectivity index (χ1n) is 9.94. The number of benzene rings is 2. The van der Waals surface area contributed by atoms with Gasteiger partial charge in [-0.3, -0.25) is 9.48 Å². The molecule has 9 heteroatoms. The first kappa shape index (κ1) is 23.3. The molecule has 0 atom stereocenters. The maximum absolute atomic E-state index is 12.3. The topological polar surface area (TPSA) is 83.8 Å². The van der Waals surface area contributed by atoms with Gasteiger partial charge in [0.1, 0.15) is 0 Å². The molecule has 8 nitrogen and oxygen atoms in total. The average Bonchev–Trinajstić information content (AvgIpc) is 3.27. The number of carbonyl (C=O) groups is 1. The van der Waals surface area contributed by atoms with E-state index in [1.54, 1.807) is 39.3 Å². The molecule has 0 spiro atoms. The lowest BCUT2D eigenvalue weighted by Crippen LogP contribution is -2.13. The fraction of sp³-hybridized carbons (Fsp3) is 0.304. The van der Waals surface area contributed by atoms with Gasteiger partial charge in [0.25, 0.3) is 0 Å². The van der Waals surface area contributed by atoms with Gasteiger partial charge >= 0.3 is 0 Å². The summed E-state index contributed by atoms with van der Waals surface area (Å²) in [5.74, 6) is 2.85. The van der Waals surface area contributed by atoms with E-state index in [-0.39, 0.29) is 11.7 Å². The van der Waals surface area contributed by atoms with Gasteiger partial charge in [-0.2, -0.15) is 5.10 Å². The Morgan fingerprint density at radius 3 is 2.28 bits per heavy atom. The highest BCUT2D eigenvalue weighted by molar-refractivity contribution is 8.00. The van der Waals surface area contributed by atoms with Crippen LogP contribution in [0.1, 0.15) is 5.56 Å². The van der Waals surface area contributed by atoms with Crippen LogP contribution in [-0.4, -0.2) is 49.9 Å². The van der Waals surface area contributed by atoms with Gasteiger partial charge in [-0.05, 0) is 42.3 Å². The second-order valence-electron chi connectivity index (χ2n) is 6.79. The molecule has 3 rings (SSSR count). The monoisotopic (exact) mass is 457 g/mol. The predicted octanol–water partition coefficient (Wildman–Crippen LogP) is 3.89. The summed E-state index contributed by atoms with van der Waals surface area (Å²) >= 11 is 1.42. The third-order valence-electron chi connectivity index (χ3n) is 4.72. The normalized spacial score (nSPS) is 10.5. The molecular formula is C23H27N3O5S. The summed E-state index contributed by atoms with van der Waals surface area (Å²) in [4.78, 5) is 13.3. The molecule has 0 bridgehead atoms. The number of hydrogen-bond donors (Lipinski definition) is 1. The molecule has 1 N–H and O–H groups in total. The fourth-order valence-corrected chi connectivity index (χ4v) is 3.81. The van der Waals surface area contributed by atoms with Crippen molar-refractivity contribution in [3.05, 3.63) is 54.4 Å². The van der Waals surface area contributed by atoms with E-state index in [0.717, 1.165) is 16.9 Å². The van der Waals surface area contributed by atoms with Crippen molar-refractivity contribution in [1.82, 2.24) is 9.78 Å². The largest absolute Gasteiger partial charge is 0.493 e. The molecule has 1 aromatic heterocycles. The minimum Gasteiger partial charge on any atom is -0.493 e. The number of nitrogens with one attached hydrogen (secondary N) is 1. The Bertz CT molecular complexity index is 1050. The van der Waals surface area contributed by atoms with E-state index >= 15 is 0 Å². The standard InChI is InChI=1S/C23H27N3O5S/c1-28-19-7-5-16(11-21(19)30-3)9-10-26-14-17(13-24-26)25-23(27)15-32-18-6-8-20(29-2)22(12-18)31-4/h5-8,11-14H,9-10,15H2,1-4H3,(H,25,27). The first-order chi connectivity index (χ1) is 15.6. The summed E-state index contributed by atoms with van der Waals surface area (Å²) in [6, 6.07) is 11.4. The van der Waals surface area contributed by atoms with E-state index in [4.69, 9.17) is 18.9 Å². The van der Waals surface area contributed by atoms with Gasteiger partial charge < -0.3 is 24.3 Å². The van der Waals surface area contributed by atoms with Crippen LogP contribution in [0.4, 0.5) is 5.69 Å². The maximum Gasteiger partial charge on any atom is 0.234 e. The van der Waals surface area contributed by atoms with Crippen molar-refractivity contribution >= 4 is 23.4 Å². The molecule has 0 fully saturated rings. The van der Waals surface area contributed by atoms with Crippen LogP contribution >= 0.6 is 11.8 Å². The second-order valence-corrected chi connectivity index (χ2v) is 7.83. The lowest BCUT2D eigenvalue weighted by atomic mass is 10.1. The van der Waals surface area contributed by atoms with Crippen LogP contribution in [0.15, 0.2) is 53.7 Å². The van der Waals surface area contributed by atoms with Crippen molar-refractivity contribution in [3.8, 4) is 23.0 Å². The quantitative estimate of drug-likeness (QED) is 0.437. The summed E-state index contributed by atoms with van der Waals surface area (Å²) in [6.45, 7) is 0.672.